The Kier molecular flexibility index (Phi) is 5.51. The number of benzene rings is 1. The summed E-state index contributed by atoms with van der Waals surface area (Å²) in [5.74, 6) is 0.742. The predicted octanol–water partition coefficient (Wildman–Crippen LogP) is 3.10. The van der Waals surface area contributed by atoms with E-state index in [4.69, 9.17) is 5.11 Å². The number of imidazole rings is 2. The molecular weight excluding hydrogens is 330 g/mol. The lowest BCUT2D eigenvalue weighted by Crippen LogP contribution is -2.01. The monoisotopic (exact) mass is 347 g/mol. The van der Waals surface area contributed by atoms with Crippen molar-refractivity contribution in [2.45, 2.75) is 6.54 Å². The Morgan fingerprint density at radius 1 is 1.00 bits per heavy atom. The fourth-order valence-corrected chi connectivity index (χ4v) is 2.31. The van der Waals surface area contributed by atoms with E-state index in [1.165, 1.54) is 5.56 Å². The number of aromatic carboxylic acids is 1. The van der Waals surface area contributed by atoms with E-state index in [1.54, 1.807) is 61.3 Å². The molecule has 0 aliphatic rings. The van der Waals surface area contributed by atoms with Gasteiger partial charge in [-0.3, -0.25) is 4.98 Å². The van der Waals surface area contributed by atoms with Crippen LogP contribution in [0.3, 0.4) is 0 Å². The van der Waals surface area contributed by atoms with E-state index in [2.05, 4.69) is 19.9 Å². The summed E-state index contributed by atoms with van der Waals surface area (Å²) in [6, 6.07) is 12.3. The van der Waals surface area contributed by atoms with Crippen LogP contribution < -0.4 is 0 Å². The van der Waals surface area contributed by atoms with Gasteiger partial charge in [-0.05, 0) is 29.8 Å². The Morgan fingerprint density at radius 2 is 1.77 bits per heavy atom. The molecule has 7 heteroatoms. The topological polar surface area (TPSA) is 96.7 Å². The quantitative estimate of drug-likeness (QED) is 0.591. The van der Waals surface area contributed by atoms with Gasteiger partial charge in [0.05, 0.1) is 5.56 Å². The minimum Gasteiger partial charge on any atom is -0.478 e. The lowest BCUT2D eigenvalue weighted by atomic mass is 10.2. The molecule has 4 aromatic rings. The summed E-state index contributed by atoms with van der Waals surface area (Å²) < 4.78 is 2.05. The van der Waals surface area contributed by atoms with Crippen LogP contribution in [-0.4, -0.2) is 35.6 Å². The Balaban J connectivity index is 0.000000185. The maximum Gasteiger partial charge on any atom is 0.335 e. The van der Waals surface area contributed by atoms with Crippen LogP contribution in [0.4, 0.5) is 0 Å². The lowest BCUT2D eigenvalue weighted by Gasteiger charge is -2.05. The molecule has 0 radical (unpaired) electrons. The summed E-state index contributed by atoms with van der Waals surface area (Å²) in [5.41, 5.74) is 1.52. The van der Waals surface area contributed by atoms with Crippen molar-refractivity contribution < 1.29 is 9.90 Å². The van der Waals surface area contributed by atoms with E-state index < -0.39 is 5.97 Å². The second kappa shape index (κ2) is 8.39. The Bertz CT molecular complexity index is 935. The van der Waals surface area contributed by atoms with E-state index >= 15 is 0 Å². The predicted molar refractivity (Wildman–Crippen MR) is 96.5 cm³/mol. The lowest BCUT2D eigenvalue weighted by molar-refractivity contribution is 0.0697. The first-order valence-electron chi connectivity index (χ1n) is 7.92. The van der Waals surface area contributed by atoms with Crippen LogP contribution in [0.25, 0.3) is 11.6 Å². The highest BCUT2D eigenvalue weighted by atomic mass is 16.4. The first-order chi connectivity index (χ1) is 12.7. The first kappa shape index (κ1) is 17.1. The van der Waals surface area contributed by atoms with E-state index in [0.29, 0.717) is 5.56 Å². The van der Waals surface area contributed by atoms with Crippen molar-refractivity contribution in [2.24, 2.45) is 0 Å². The molecule has 0 amide bonds. The van der Waals surface area contributed by atoms with Crippen LogP contribution >= 0.6 is 0 Å². The molecule has 3 aromatic heterocycles. The van der Waals surface area contributed by atoms with Gasteiger partial charge in [-0.2, -0.15) is 0 Å². The maximum absolute atomic E-state index is 10.2. The largest absolute Gasteiger partial charge is 0.478 e. The van der Waals surface area contributed by atoms with Gasteiger partial charge in [0.15, 0.2) is 11.6 Å². The molecular formula is C19H17N5O2. The summed E-state index contributed by atoms with van der Waals surface area (Å²) in [6.07, 6.45) is 10.8. The van der Waals surface area contributed by atoms with E-state index in [9.17, 15) is 4.79 Å². The zero-order valence-corrected chi connectivity index (χ0v) is 13.9. The average molecular weight is 347 g/mol. The number of aromatic amines is 1. The highest BCUT2D eigenvalue weighted by molar-refractivity contribution is 5.87. The second-order valence-corrected chi connectivity index (χ2v) is 5.34. The third kappa shape index (κ3) is 4.41. The van der Waals surface area contributed by atoms with Crippen LogP contribution in [0.15, 0.2) is 79.6 Å². The molecule has 3 heterocycles. The summed E-state index contributed by atoms with van der Waals surface area (Å²) in [7, 11) is 0. The normalized spacial score (nSPS) is 10.0. The summed E-state index contributed by atoms with van der Waals surface area (Å²) in [5, 5.41) is 8.38. The number of pyridine rings is 1. The van der Waals surface area contributed by atoms with Crippen LogP contribution in [-0.2, 0) is 6.54 Å². The Hall–Kier alpha value is -3.74. The second-order valence-electron chi connectivity index (χ2n) is 5.34. The molecule has 0 spiro atoms. The minimum atomic E-state index is -0.879. The number of nitrogens with zero attached hydrogens (tertiary/aromatic N) is 4. The van der Waals surface area contributed by atoms with E-state index in [-0.39, 0.29) is 0 Å². The number of carboxylic acids is 1. The number of carbonyl (C=O) groups is 1. The molecule has 0 aliphatic heterocycles. The third-order valence-electron chi connectivity index (χ3n) is 3.55. The summed E-state index contributed by atoms with van der Waals surface area (Å²) in [6.45, 7) is 0.762. The number of hydrogen-bond donors (Lipinski definition) is 2. The molecule has 26 heavy (non-hydrogen) atoms. The van der Waals surface area contributed by atoms with Gasteiger partial charge in [0.1, 0.15) is 0 Å². The highest BCUT2D eigenvalue weighted by Crippen LogP contribution is 2.13. The van der Waals surface area contributed by atoms with Crippen molar-refractivity contribution in [3.63, 3.8) is 0 Å². The number of hydrogen-bond acceptors (Lipinski definition) is 4. The highest BCUT2D eigenvalue weighted by Gasteiger charge is 2.07. The average Bonchev–Trinajstić information content (AvgIpc) is 3.35. The molecule has 0 saturated heterocycles. The zero-order chi connectivity index (χ0) is 18.2. The van der Waals surface area contributed by atoms with Crippen LogP contribution in [0.1, 0.15) is 15.9 Å². The van der Waals surface area contributed by atoms with Gasteiger partial charge in [0.2, 0.25) is 0 Å². The van der Waals surface area contributed by atoms with Crippen LogP contribution in [0, 0.1) is 0 Å². The van der Waals surface area contributed by atoms with Crippen LogP contribution in [0.5, 0.6) is 0 Å². The molecule has 0 fully saturated rings. The van der Waals surface area contributed by atoms with Gasteiger partial charge in [-0.25, -0.2) is 14.8 Å². The van der Waals surface area contributed by atoms with E-state index in [1.807, 2.05) is 22.9 Å². The molecule has 4 rings (SSSR count). The first-order valence-corrected chi connectivity index (χ1v) is 7.92. The smallest absolute Gasteiger partial charge is 0.335 e. The molecule has 0 unspecified atom stereocenters. The van der Waals surface area contributed by atoms with Crippen LogP contribution in [0.2, 0.25) is 0 Å². The van der Waals surface area contributed by atoms with Crippen molar-refractivity contribution in [2.75, 3.05) is 0 Å². The molecule has 130 valence electrons. The zero-order valence-electron chi connectivity index (χ0n) is 13.9. The van der Waals surface area contributed by atoms with Crippen molar-refractivity contribution in [3.05, 3.63) is 90.8 Å². The standard InChI is InChI=1S/C12H11N5.C7H6O2/c1-3-13-4-2-10(1)9-17-8-7-16-12(17)11-14-5-6-15-11;8-7(9)6-4-2-1-3-5-6/h1-8H,9H2,(H,14,15);1-5H,(H,8,9). The molecule has 1 aromatic carbocycles. The van der Waals surface area contributed by atoms with Crippen molar-refractivity contribution in [1.29, 1.82) is 0 Å². The molecule has 0 atom stereocenters. The van der Waals surface area contributed by atoms with Gasteiger partial charge >= 0.3 is 5.97 Å². The minimum absolute atomic E-state index is 0.331. The summed E-state index contributed by atoms with van der Waals surface area (Å²) >= 11 is 0. The molecule has 0 saturated carbocycles. The molecule has 0 bridgehead atoms. The van der Waals surface area contributed by atoms with Crippen molar-refractivity contribution in [1.82, 2.24) is 24.5 Å². The SMILES string of the molecule is O=C(O)c1ccccc1.c1cc(Cn2ccnc2-c2ncc[nH]2)ccn1. The van der Waals surface area contributed by atoms with E-state index in [0.717, 1.165) is 18.2 Å². The molecule has 0 aliphatic carbocycles. The third-order valence-corrected chi connectivity index (χ3v) is 3.55. The molecule has 2 N–H and O–H groups in total. The van der Waals surface area contributed by atoms with Gasteiger partial charge in [-0.1, -0.05) is 18.2 Å². The van der Waals surface area contributed by atoms with Gasteiger partial charge in [0.25, 0.3) is 0 Å². The maximum atomic E-state index is 10.2. The number of carboxylic acid groups (broad SMARTS) is 1. The number of H-pyrrole nitrogens is 1. The Labute approximate surface area is 150 Å². The Morgan fingerprint density at radius 3 is 2.38 bits per heavy atom. The van der Waals surface area contributed by atoms with Gasteiger partial charge in [0, 0.05) is 43.7 Å². The fourth-order valence-electron chi connectivity index (χ4n) is 2.31. The van der Waals surface area contributed by atoms with Gasteiger partial charge in [-0.15, -0.1) is 0 Å². The van der Waals surface area contributed by atoms with Crippen molar-refractivity contribution in [3.8, 4) is 11.6 Å². The number of rotatable bonds is 4. The number of aromatic nitrogens is 5. The fraction of sp³-hybridized carbons (Fsp3) is 0.0526. The number of nitrogens with one attached hydrogen (secondary N) is 1. The van der Waals surface area contributed by atoms with Gasteiger partial charge < -0.3 is 14.7 Å². The molecule has 7 nitrogen and oxygen atoms in total. The summed E-state index contributed by atoms with van der Waals surface area (Å²) in [4.78, 5) is 25.8. The van der Waals surface area contributed by atoms with Crippen molar-refractivity contribution >= 4 is 5.97 Å².